The Morgan fingerprint density at radius 2 is 1.73 bits per heavy atom. The molecular weight excluding hydrogens is 605 g/mol. The first-order valence-corrected chi connectivity index (χ1v) is 15.6. The number of nitrogens with two attached hydrogens (primary N) is 1. The number of hydrogen-bond acceptors (Lipinski definition) is 6. The van der Waals surface area contributed by atoms with Crippen LogP contribution in [0.25, 0.3) is 0 Å². The van der Waals surface area contributed by atoms with Crippen LogP contribution in [0.1, 0.15) is 69.4 Å². The topological polar surface area (TPSA) is 151 Å². The minimum absolute atomic E-state index is 0.0259. The van der Waals surface area contributed by atoms with Crippen LogP contribution in [-0.4, -0.2) is 53.9 Å². The highest BCUT2D eigenvalue weighted by Gasteiger charge is 2.36. The van der Waals surface area contributed by atoms with E-state index in [1.165, 1.54) is 11.8 Å². The van der Waals surface area contributed by atoms with Crippen LogP contribution in [-0.2, 0) is 30.4 Å². The number of anilines is 1. The van der Waals surface area contributed by atoms with Crippen LogP contribution < -0.4 is 21.3 Å². The lowest BCUT2D eigenvalue weighted by Crippen LogP contribution is -2.53. The maximum absolute atomic E-state index is 14.0. The molecule has 2 aromatic carbocycles. The molecular formula is C32H37Cl2N5O5. The molecule has 1 fully saturated rings. The Balaban J connectivity index is 1.60. The van der Waals surface area contributed by atoms with E-state index in [-0.39, 0.29) is 31.0 Å². The minimum Gasteiger partial charge on any atom is -0.368 e. The number of fused-ring (bicyclic) bond motifs is 1. The van der Waals surface area contributed by atoms with Gasteiger partial charge in [0.2, 0.25) is 23.9 Å². The van der Waals surface area contributed by atoms with E-state index in [0.717, 1.165) is 43.4 Å². The summed E-state index contributed by atoms with van der Waals surface area (Å²) in [7, 11) is 0. The van der Waals surface area contributed by atoms with Crippen LogP contribution in [0.15, 0.2) is 47.5 Å². The van der Waals surface area contributed by atoms with Crippen molar-refractivity contribution in [1.82, 2.24) is 10.6 Å². The number of carbonyl (C=O) groups excluding carboxylic acids is 5. The van der Waals surface area contributed by atoms with Gasteiger partial charge >= 0.3 is 0 Å². The summed E-state index contributed by atoms with van der Waals surface area (Å²) < 4.78 is 0. The van der Waals surface area contributed by atoms with Gasteiger partial charge in [-0.05, 0) is 49.9 Å². The third kappa shape index (κ3) is 8.66. The zero-order valence-corrected chi connectivity index (χ0v) is 26.1. The molecule has 4 rings (SSSR count). The van der Waals surface area contributed by atoms with E-state index in [0.29, 0.717) is 27.7 Å². The molecule has 1 saturated carbocycles. The summed E-state index contributed by atoms with van der Waals surface area (Å²) in [5.74, 6) is -2.31. The highest BCUT2D eigenvalue weighted by atomic mass is 35.5. The van der Waals surface area contributed by atoms with Gasteiger partial charge in [-0.2, -0.15) is 0 Å². The van der Waals surface area contributed by atoms with Crippen LogP contribution >= 0.6 is 23.2 Å². The highest BCUT2D eigenvalue weighted by Crippen LogP contribution is 2.34. The maximum atomic E-state index is 14.0. The predicted octanol–water partition coefficient (Wildman–Crippen LogP) is 4.12. The second kappa shape index (κ2) is 15.3. The number of benzodiazepines with no additional fused rings is 1. The van der Waals surface area contributed by atoms with Gasteiger partial charge in [0, 0.05) is 30.7 Å². The molecule has 0 saturated heterocycles. The van der Waals surface area contributed by atoms with Gasteiger partial charge in [-0.1, -0.05) is 66.7 Å². The predicted molar refractivity (Wildman–Crippen MR) is 170 cm³/mol. The second-order valence-electron chi connectivity index (χ2n) is 11.3. The van der Waals surface area contributed by atoms with Gasteiger partial charge < -0.3 is 21.2 Å². The SMILES string of the molecule is CC(=O)CCCC(=O)NC1N=C(C2CCCCC2)c2ccccc2N(CC(=O)N[C@@H](Cc2ccc(Cl)c(Cl)c2)C(N)=O)C1=O. The number of primary amides is 1. The van der Waals surface area contributed by atoms with Crippen molar-refractivity contribution in [3.63, 3.8) is 0 Å². The summed E-state index contributed by atoms with van der Waals surface area (Å²) in [4.78, 5) is 70.1. The summed E-state index contributed by atoms with van der Waals surface area (Å²) >= 11 is 12.1. The Labute approximate surface area is 266 Å². The molecule has 234 valence electrons. The third-order valence-electron chi connectivity index (χ3n) is 7.87. The number of benzene rings is 2. The Morgan fingerprint density at radius 1 is 1.00 bits per heavy atom. The first-order chi connectivity index (χ1) is 21.0. The molecule has 44 heavy (non-hydrogen) atoms. The van der Waals surface area contributed by atoms with Crippen LogP contribution in [0, 0.1) is 5.92 Å². The van der Waals surface area contributed by atoms with Crippen molar-refractivity contribution in [2.75, 3.05) is 11.4 Å². The number of ketones is 1. The van der Waals surface area contributed by atoms with Gasteiger partial charge in [-0.25, -0.2) is 0 Å². The van der Waals surface area contributed by atoms with Gasteiger partial charge in [-0.3, -0.25) is 29.1 Å². The summed E-state index contributed by atoms with van der Waals surface area (Å²) in [5.41, 5.74) is 8.19. The van der Waals surface area contributed by atoms with Gasteiger partial charge in [-0.15, -0.1) is 0 Å². The van der Waals surface area contributed by atoms with Crippen molar-refractivity contribution >= 4 is 64.0 Å². The van der Waals surface area contributed by atoms with E-state index in [4.69, 9.17) is 33.9 Å². The smallest absolute Gasteiger partial charge is 0.272 e. The molecule has 0 radical (unpaired) electrons. The fraction of sp³-hybridized carbons (Fsp3) is 0.438. The summed E-state index contributed by atoms with van der Waals surface area (Å²) in [6.45, 7) is 1.02. The van der Waals surface area contributed by atoms with E-state index < -0.39 is 42.4 Å². The fourth-order valence-corrected chi connectivity index (χ4v) is 5.97. The lowest BCUT2D eigenvalue weighted by atomic mass is 9.83. The van der Waals surface area contributed by atoms with E-state index in [2.05, 4.69) is 10.6 Å². The van der Waals surface area contributed by atoms with Crippen molar-refractivity contribution in [3.8, 4) is 0 Å². The average molecular weight is 643 g/mol. The lowest BCUT2D eigenvalue weighted by molar-refractivity contribution is -0.129. The molecule has 2 aliphatic rings. The molecule has 2 atom stereocenters. The number of carbonyl (C=O) groups is 5. The molecule has 4 N–H and O–H groups in total. The molecule has 0 bridgehead atoms. The van der Waals surface area contributed by atoms with Crippen molar-refractivity contribution in [2.45, 2.75) is 76.9 Å². The maximum Gasteiger partial charge on any atom is 0.272 e. The average Bonchev–Trinajstić information content (AvgIpc) is 3.09. The van der Waals surface area contributed by atoms with Crippen molar-refractivity contribution < 1.29 is 24.0 Å². The van der Waals surface area contributed by atoms with Gasteiger partial charge in [0.15, 0.2) is 0 Å². The quantitative estimate of drug-likeness (QED) is 0.318. The van der Waals surface area contributed by atoms with Crippen LogP contribution in [0.5, 0.6) is 0 Å². The van der Waals surface area contributed by atoms with Crippen molar-refractivity contribution in [1.29, 1.82) is 0 Å². The number of amides is 4. The van der Waals surface area contributed by atoms with E-state index in [1.54, 1.807) is 30.3 Å². The second-order valence-corrected chi connectivity index (χ2v) is 12.1. The zero-order valence-electron chi connectivity index (χ0n) is 24.6. The fourth-order valence-electron chi connectivity index (χ4n) is 5.65. The molecule has 1 unspecified atom stereocenters. The number of rotatable bonds is 12. The van der Waals surface area contributed by atoms with Crippen molar-refractivity contribution in [3.05, 3.63) is 63.6 Å². The Hall–Kier alpha value is -3.76. The van der Waals surface area contributed by atoms with E-state index >= 15 is 0 Å². The largest absolute Gasteiger partial charge is 0.368 e. The Bertz CT molecular complexity index is 1460. The summed E-state index contributed by atoms with van der Waals surface area (Å²) in [6, 6.07) is 11.0. The summed E-state index contributed by atoms with van der Waals surface area (Å²) in [5, 5.41) is 6.03. The molecule has 12 heteroatoms. The Morgan fingerprint density at radius 3 is 2.41 bits per heavy atom. The molecule has 10 nitrogen and oxygen atoms in total. The number of nitrogens with one attached hydrogen (secondary N) is 2. The first-order valence-electron chi connectivity index (χ1n) is 14.8. The normalized spacial score (nSPS) is 17.6. The van der Waals surface area contributed by atoms with Crippen molar-refractivity contribution in [2.24, 2.45) is 16.6 Å². The molecule has 4 amide bonds. The molecule has 0 aromatic heterocycles. The number of aliphatic imine (C=N–C) groups is 1. The van der Waals surface area contributed by atoms with Crippen LogP contribution in [0.4, 0.5) is 5.69 Å². The van der Waals surface area contributed by atoms with Crippen LogP contribution in [0.2, 0.25) is 10.0 Å². The van der Waals surface area contributed by atoms with Crippen LogP contribution in [0.3, 0.4) is 0 Å². The highest BCUT2D eigenvalue weighted by molar-refractivity contribution is 6.42. The number of nitrogens with zero attached hydrogens (tertiary/aromatic N) is 2. The third-order valence-corrected chi connectivity index (χ3v) is 8.60. The molecule has 1 aliphatic carbocycles. The first kappa shape index (κ1) is 33.1. The van der Waals surface area contributed by atoms with E-state index in [9.17, 15) is 24.0 Å². The van der Waals surface area contributed by atoms with E-state index in [1.807, 2.05) is 12.1 Å². The van der Waals surface area contributed by atoms with Gasteiger partial charge in [0.1, 0.15) is 18.4 Å². The number of Topliss-reactive ketones (excluding diaryl/α,β-unsaturated/α-hetero) is 1. The minimum atomic E-state index is -1.26. The standard InChI is InChI=1S/C32H37Cl2N5O5/c1-19(40)8-7-13-27(41)37-31-32(44)39(26-12-6-5-11-22(26)29(38-31)21-9-3-2-4-10-21)18-28(42)36-25(30(35)43)17-20-14-15-23(33)24(34)16-20/h5-6,11-12,14-16,21,25,31H,2-4,7-10,13,17-18H2,1H3,(H2,35,43)(H,36,42)(H,37,41)/t25-,31?/m0/s1. The summed E-state index contributed by atoms with van der Waals surface area (Å²) in [6.07, 6.45) is 4.44. The monoisotopic (exact) mass is 641 g/mol. The number of para-hydroxylation sites is 1. The number of halogens is 2. The molecule has 1 aliphatic heterocycles. The number of hydrogen-bond donors (Lipinski definition) is 3. The lowest BCUT2D eigenvalue weighted by Gasteiger charge is -2.26. The molecule has 2 aromatic rings. The zero-order chi connectivity index (χ0) is 31.8. The Kier molecular flexibility index (Phi) is 11.5. The van der Waals surface area contributed by atoms with Gasteiger partial charge in [0.05, 0.1) is 21.4 Å². The molecule has 1 heterocycles. The van der Waals surface area contributed by atoms with Gasteiger partial charge in [0.25, 0.3) is 5.91 Å². The molecule has 0 spiro atoms.